The molecule has 4 heterocycles. The summed E-state index contributed by atoms with van der Waals surface area (Å²) in [5.41, 5.74) is 0.823. The maximum absolute atomic E-state index is 12.2. The van der Waals surface area contributed by atoms with Gasteiger partial charge in [-0.1, -0.05) is 11.2 Å². The van der Waals surface area contributed by atoms with Crippen molar-refractivity contribution in [1.29, 1.82) is 0 Å². The average Bonchev–Trinajstić information content (AvgIpc) is 3.18. The quantitative estimate of drug-likeness (QED) is 0.742. The van der Waals surface area contributed by atoms with Crippen molar-refractivity contribution < 1.29 is 9.32 Å². The Kier molecular flexibility index (Phi) is 3.19. The molecule has 1 saturated heterocycles. The molecule has 0 radical (unpaired) electrons. The molecule has 0 spiro atoms. The normalized spacial score (nSPS) is 14.8. The van der Waals surface area contributed by atoms with Gasteiger partial charge in [-0.05, 0) is 23.6 Å². The fraction of sp³-hybridized carbons (Fsp3) is 0.200. The van der Waals surface area contributed by atoms with Crippen molar-refractivity contribution in [3.05, 3.63) is 52.8 Å². The average molecular weight is 312 g/mol. The van der Waals surface area contributed by atoms with E-state index in [0.29, 0.717) is 24.8 Å². The highest BCUT2D eigenvalue weighted by atomic mass is 32.1. The van der Waals surface area contributed by atoms with Crippen LogP contribution in [0.15, 0.2) is 46.6 Å². The number of hydrogen-bond acceptors (Lipinski definition) is 6. The van der Waals surface area contributed by atoms with Gasteiger partial charge in [0.05, 0.1) is 10.8 Å². The molecule has 3 aromatic rings. The molecular weight excluding hydrogens is 300 g/mol. The first kappa shape index (κ1) is 13.1. The maximum atomic E-state index is 12.2. The number of likely N-dealkylation sites (tertiary alicyclic amines) is 1. The lowest BCUT2D eigenvalue weighted by atomic mass is 10.00. The van der Waals surface area contributed by atoms with E-state index < -0.39 is 0 Å². The molecule has 1 amide bonds. The number of amides is 1. The zero-order chi connectivity index (χ0) is 14.9. The van der Waals surface area contributed by atoms with Gasteiger partial charge in [-0.15, -0.1) is 11.3 Å². The largest absolute Gasteiger partial charge is 0.339 e. The molecule has 6 nitrogen and oxygen atoms in total. The predicted molar refractivity (Wildman–Crippen MR) is 80.5 cm³/mol. The minimum atomic E-state index is 0.0678. The Labute approximate surface area is 130 Å². The van der Waals surface area contributed by atoms with Crippen LogP contribution in [0, 0.1) is 0 Å². The molecule has 1 aliphatic heterocycles. The lowest BCUT2D eigenvalue weighted by molar-refractivity contribution is 0.0574. The molecule has 0 bridgehead atoms. The Hall–Kier alpha value is -2.54. The van der Waals surface area contributed by atoms with Crippen LogP contribution < -0.4 is 0 Å². The van der Waals surface area contributed by atoms with Crippen LogP contribution in [0.3, 0.4) is 0 Å². The number of aromatic nitrogens is 3. The van der Waals surface area contributed by atoms with Gasteiger partial charge < -0.3 is 9.42 Å². The minimum absolute atomic E-state index is 0.0678. The molecule has 0 aromatic carbocycles. The Morgan fingerprint density at radius 1 is 1.32 bits per heavy atom. The number of carbonyl (C=O) groups is 1. The Bertz CT molecular complexity index is 779. The first-order valence-electron chi connectivity index (χ1n) is 6.88. The third-order valence-corrected chi connectivity index (χ3v) is 4.47. The van der Waals surface area contributed by atoms with E-state index in [4.69, 9.17) is 4.52 Å². The van der Waals surface area contributed by atoms with Crippen molar-refractivity contribution in [2.24, 2.45) is 0 Å². The SMILES string of the molecule is O=C(c1cccs1)N1CC(c2nc(-c3cccnc3)no2)C1. The third-order valence-electron chi connectivity index (χ3n) is 3.61. The molecular formula is C15H12N4O2S. The molecule has 0 aliphatic carbocycles. The first-order chi connectivity index (χ1) is 10.8. The third kappa shape index (κ3) is 2.29. The van der Waals surface area contributed by atoms with Crippen molar-refractivity contribution in [3.8, 4) is 11.4 Å². The van der Waals surface area contributed by atoms with Gasteiger partial charge in [0, 0.05) is 31.0 Å². The van der Waals surface area contributed by atoms with Crippen LogP contribution in [-0.4, -0.2) is 39.0 Å². The summed E-state index contributed by atoms with van der Waals surface area (Å²) >= 11 is 1.46. The van der Waals surface area contributed by atoms with Crippen molar-refractivity contribution in [2.45, 2.75) is 5.92 Å². The van der Waals surface area contributed by atoms with Gasteiger partial charge in [0.1, 0.15) is 0 Å². The molecule has 0 unspecified atom stereocenters. The van der Waals surface area contributed by atoms with E-state index in [1.54, 1.807) is 17.3 Å². The van der Waals surface area contributed by atoms with E-state index in [9.17, 15) is 4.79 Å². The van der Waals surface area contributed by atoms with Gasteiger partial charge >= 0.3 is 0 Å². The Balaban J connectivity index is 1.43. The standard InChI is InChI=1S/C15H12N4O2S/c20-15(12-4-2-6-22-12)19-8-11(9-19)14-17-13(18-21-14)10-3-1-5-16-7-10/h1-7,11H,8-9H2. The summed E-state index contributed by atoms with van der Waals surface area (Å²) in [5.74, 6) is 1.29. The van der Waals surface area contributed by atoms with Crippen LogP contribution in [0.4, 0.5) is 0 Å². The zero-order valence-electron chi connectivity index (χ0n) is 11.5. The second kappa shape index (κ2) is 5.34. The first-order valence-corrected chi connectivity index (χ1v) is 7.76. The van der Waals surface area contributed by atoms with Gasteiger partial charge in [0.2, 0.25) is 11.7 Å². The molecule has 3 aromatic heterocycles. The second-order valence-electron chi connectivity index (χ2n) is 5.08. The van der Waals surface area contributed by atoms with Crippen LogP contribution in [0.1, 0.15) is 21.5 Å². The Morgan fingerprint density at radius 3 is 2.95 bits per heavy atom. The van der Waals surface area contributed by atoms with E-state index in [2.05, 4.69) is 15.1 Å². The summed E-state index contributed by atoms with van der Waals surface area (Å²) < 4.78 is 5.32. The second-order valence-corrected chi connectivity index (χ2v) is 6.03. The number of hydrogen-bond donors (Lipinski definition) is 0. The lowest BCUT2D eigenvalue weighted by Crippen LogP contribution is -2.48. The van der Waals surface area contributed by atoms with Crippen LogP contribution in [0.2, 0.25) is 0 Å². The fourth-order valence-electron chi connectivity index (χ4n) is 2.37. The highest BCUT2D eigenvalue weighted by molar-refractivity contribution is 7.12. The van der Waals surface area contributed by atoms with E-state index in [1.165, 1.54) is 11.3 Å². The number of carbonyl (C=O) groups excluding carboxylic acids is 1. The van der Waals surface area contributed by atoms with Crippen molar-refractivity contribution >= 4 is 17.2 Å². The smallest absolute Gasteiger partial charge is 0.263 e. The number of thiophene rings is 1. The maximum Gasteiger partial charge on any atom is 0.263 e. The molecule has 22 heavy (non-hydrogen) atoms. The topological polar surface area (TPSA) is 72.1 Å². The molecule has 7 heteroatoms. The highest BCUT2D eigenvalue weighted by Crippen LogP contribution is 2.29. The van der Waals surface area contributed by atoms with Crippen LogP contribution in [0.25, 0.3) is 11.4 Å². The lowest BCUT2D eigenvalue weighted by Gasteiger charge is -2.36. The van der Waals surface area contributed by atoms with Gasteiger partial charge in [-0.2, -0.15) is 4.98 Å². The van der Waals surface area contributed by atoms with Gasteiger partial charge in [0.15, 0.2) is 0 Å². The number of pyridine rings is 1. The number of nitrogens with zero attached hydrogens (tertiary/aromatic N) is 4. The van der Waals surface area contributed by atoms with Crippen molar-refractivity contribution in [3.63, 3.8) is 0 Å². The fourth-order valence-corrected chi connectivity index (χ4v) is 3.06. The molecule has 0 atom stereocenters. The molecule has 0 N–H and O–H groups in total. The van der Waals surface area contributed by atoms with Gasteiger partial charge in [-0.25, -0.2) is 0 Å². The molecule has 0 saturated carbocycles. The molecule has 4 rings (SSSR count). The van der Waals surface area contributed by atoms with Crippen LogP contribution in [-0.2, 0) is 0 Å². The van der Waals surface area contributed by atoms with Crippen LogP contribution in [0.5, 0.6) is 0 Å². The Morgan fingerprint density at radius 2 is 2.23 bits per heavy atom. The van der Waals surface area contributed by atoms with Gasteiger partial charge in [-0.3, -0.25) is 9.78 Å². The van der Waals surface area contributed by atoms with E-state index in [1.807, 2.05) is 29.6 Å². The summed E-state index contributed by atoms with van der Waals surface area (Å²) in [5, 5.41) is 5.89. The summed E-state index contributed by atoms with van der Waals surface area (Å²) in [6.07, 6.45) is 3.40. The van der Waals surface area contributed by atoms with E-state index in [-0.39, 0.29) is 11.8 Å². The monoisotopic (exact) mass is 312 g/mol. The van der Waals surface area contributed by atoms with Crippen molar-refractivity contribution in [1.82, 2.24) is 20.0 Å². The summed E-state index contributed by atoms with van der Waals surface area (Å²) in [4.78, 5) is 23.2. The zero-order valence-corrected chi connectivity index (χ0v) is 12.4. The predicted octanol–water partition coefficient (Wildman–Crippen LogP) is 2.43. The summed E-state index contributed by atoms with van der Waals surface area (Å²) in [7, 11) is 0. The molecule has 1 fully saturated rings. The van der Waals surface area contributed by atoms with Crippen molar-refractivity contribution in [2.75, 3.05) is 13.1 Å². The summed E-state index contributed by atoms with van der Waals surface area (Å²) in [6.45, 7) is 1.23. The summed E-state index contributed by atoms with van der Waals surface area (Å²) in [6, 6.07) is 7.44. The number of rotatable bonds is 3. The van der Waals surface area contributed by atoms with E-state index >= 15 is 0 Å². The minimum Gasteiger partial charge on any atom is -0.339 e. The van der Waals surface area contributed by atoms with Crippen LogP contribution >= 0.6 is 11.3 Å². The van der Waals surface area contributed by atoms with Gasteiger partial charge in [0.25, 0.3) is 5.91 Å². The molecule has 1 aliphatic rings. The molecule has 110 valence electrons. The van der Waals surface area contributed by atoms with E-state index in [0.717, 1.165) is 10.4 Å². The highest BCUT2D eigenvalue weighted by Gasteiger charge is 2.36.